The second-order valence-corrected chi connectivity index (χ2v) is 6.34. The highest BCUT2D eigenvalue weighted by molar-refractivity contribution is 5.88. The number of likely N-dealkylation sites (tertiary alicyclic amines) is 1. The molecule has 3 aliphatic rings. The summed E-state index contributed by atoms with van der Waals surface area (Å²) >= 11 is 0. The number of amides is 1. The zero-order valence-corrected chi connectivity index (χ0v) is 11.9. The summed E-state index contributed by atoms with van der Waals surface area (Å²) in [6.45, 7) is 2.84. The van der Waals surface area contributed by atoms with Gasteiger partial charge in [-0.2, -0.15) is 4.98 Å². The second-order valence-electron chi connectivity index (χ2n) is 6.34. The number of aryl methyl sites for hydroxylation is 1. The highest BCUT2D eigenvalue weighted by atomic mass is 19.1. The highest BCUT2D eigenvalue weighted by Gasteiger charge is 2.54. The van der Waals surface area contributed by atoms with Crippen LogP contribution in [0.2, 0.25) is 0 Å². The molecule has 4 rings (SSSR count). The average Bonchev–Trinajstić information content (AvgIpc) is 2.89. The SMILES string of the molecule is Cc1nc([C@H]2C[C@@H]3CCN(C(=O)C4(F)CC4)C[C@H]3O2)no1. The summed E-state index contributed by atoms with van der Waals surface area (Å²) in [6, 6.07) is 0. The maximum Gasteiger partial charge on any atom is 0.260 e. The molecule has 2 aliphatic heterocycles. The molecule has 21 heavy (non-hydrogen) atoms. The summed E-state index contributed by atoms with van der Waals surface area (Å²) in [5.41, 5.74) is -1.59. The molecular formula is C14H18FN3O3. The first-order valence-corrected chi connectivity index (χ1v) is 7.49. The van der Waals surface area contributed by atoms with Gasteiger partial charge in [-0.3, -0.25) is 4.79 Å². The zero-order valence-electron chi connectivity index (χ0n) is 11.9. The van der Waals surface area contributed by atoms with Crippen LogP contribution in [0.1, 0.15) is 43.5 Å². The number of carbonyl (C=O) groups excluding carboxylic acids is 1. The molecular weight excluding hydrogens is 277 g/mol. The summed E-state index contributed by atoms with van der Waals surface area (Å²) in [7, 11) is 0. The average molecular weight is 295 g/mol. The van der Waals surface area contributed by atoms with Crippen LogP contribution in [0.25, 0.3) is 0 Å². The van der Waals surface area contributed by atoms with Gasteiger partial charge in [-0.05, 0) is 31.6 Å². The number of rotatable bonds is 2. The topological polar surface area (TPSA) is 68.5 Å². The first-order valence-electron chi connectivity index (χ1n) is 7.49. The highest BCUT2D eigenvalue weighted by Crippen LogP contribution is 2.44. The number of hydrogen-bond donors (Lipinski definition) is 0. The maximum atomic E-state index is 13.9. The van der Waals surface area contributed by atoms with Gasteiger partial charge in [0.2, 0.25) is 11.7 Å². The quantitative estimate of drug-likeness (QED) is 0.828. The minimum Gasteiger partial charge on any atom is -0.365 e. The number of hydrogen-bond acceptors (Lipinski definition) is 5. The summed E-state index contributed by atoms with van der Waals surface area (Å²) in [5, 5.41) is 3.91. The van der Waals surface area contributed by atoms with Gasteiger partial charge in [0.1, 0.15) is 6.10 Å². The van der Waals surface area contributed by atoms with Crippen molar-refractivity contribution in [2.45, 2.75) is 50.5 Å². The lowest BCUT2D eigenvalue weighted by Crippen LogP contribution is -2.48. The number of ether oxygens (including phenoxy) is 1. The fourth-order valence-corrected chi connectivity index (χ4v) is 3.33. The Morgan fingerprint density at radius 2 is 2.29 bits per heavy atom. The van der Waals surface area contributed by atoms with Crippen molar-refractivity contribution in [2.24, 2.45) is 5.92 Å². The van der Waals surface area contributed by atoms with E-state index in [0.717, 1.165) is 12.8 Å². The van der Waals surface area contributed by atoms with Gasteiger partial charge in [-0.1, -0.05) is 5.16 Å². The van der Waals surface area contributed by atoms with Crippen molar-refractivity contribution in [3.63, 3.8) is 0 Å². The van der Waals surface area contributed by atoms with Crippen LogP contribution in [0.4, 0.5) is 4.39 Å². The van der Waals surface area contributed by atoms with Crippen LogP contribution in [0.5, 0.6) is 0 Å². The third-order valence-corrected chi connectivity index (χ3v) is 4.74. The minimum absolute atomic E-state index is 0.0474. The maximum absolute atomic E-state index is 13.9. The van der Waals surface area contributed by atoms with E-state index in [9.17, 15) is 9.18 Å². The molecule has 1 amide bonds. The van der Waals surface area contributed by atoms with Crippen molar-refractivity contribution in [1.82, 2.24) is 15.0 Å². The molecule has 0 N–H and O–H groups in total. The predicted molar refractivity (Wildman–Crippen MR) is 69.0 cm³/mol. The summed E-state index contributed by atoms with van der Waals surface area (Å²) in [6.07, 6.45) is 2.19. The monoisotopic (exact) mass is 295 g/mol. The Kier molecular flexibility index (Phi) is 2.82. The van der Waals surface area contributed by atoms with E-state index in [2.05, 4.69) is 10.1 Å². The van der Waals surface area contributed by atoms with Gasteiger partial charge in [0.15, 0.2) is 5.67 Å². The van der Waals surface area contributed by atoms with Crippen LogP contribution in [-0.4, -0.2) is 45.8 Å². The van der Waals surface area contributed by atoms with Gasteiger partial charge < -0.3 is 14.2 Å². The molecule has 0 radical (unpaired) electrons. The fourth-order valence-electron chi connectivity index (χ4n) is 3.33. The molecule has 1 aromatic heterocycles. The number of halogens is 1. The molecule has 2 saturated heterocycles. The Bertz CT molecular complexity index is 572. The van der Waals surface area contributed by atoms with Gasteiger partial charge in [-0.15, -0.1) is 0 Å². The molecule has 0 aromatic carbocycles. The van der Waals surface area contributed by atoms with Crippen LogP contribution in [0.3, 0.4) is 0 Å². The lowest BCUT2D eigenvalue weighted by Gasteiger charge is -2.34. The number of carbonyl (C=O) groups is 1. The van der Waals surface area contributed by atoms with Crippen molar-refractivity contribution in [1.29, 1.82) is 0 Å². The standard InChI is InChI=1S/C14H18FN3O3/c1-8-16-12(17-21-8)10-6-9-2-5-18(7-11(9)20-10)13(19)14(15)3-4-14/h9-11H,2-7H2,1H3/t9-,10+,11+/m0/s1. The summed E-state index contributed by atoms with van der Waals surface area (Å²) in [5.74, 6) is 1.12. The Labute approximate surface area is 121 Å². The van der Waals surface area contributed by atoms with Crippen LogP contribution in [0, 0.1) is 12.8 Å². The molecule has 1 aliphatic carbocycles. The molecule has 1 saturated carbocycles. The first-order chi connectivity index (χ1) is 10.0. The lowest BCUT2D eigenvalue weighted by molar-refractivity contribution is -0.142. The molecule has 0 bridgehead atoms. The van der Waals surface area contributed by atoms with Gasteiger partial charge >= 0.3 is 0 Å². The Hall–Kier alpha value is -1.50. The number of nitrogens with zero attached hydrogens (tertiary/aromatic N) is 3. The van der Waals surface area contributed by atoms with E-state index in [-0.39, 0.29) is 18.1 Å². The van der Waals surface area contributed by atoms with Gasteiger partial charge in [0, 0.05) is 20.0 Å². The number of aromatic nitrogens is 2. The summed E-state index contributed by atoms with van der Waals surface area (Å²) < 4.78 is 24.9. The fraction of sp³-hybridized carbons (Fsp3) is 0.786. The van der Waals surface area contributed by atoms with Gasteiger partial charge in [-0.25, -0.2) is 4.39 Å². The van der Waals surface area contributed by atoms with E-state index in [4.69, 9.17) is 9.26 Å². The first kappa shape index (κ1) is 13.2. The third-order valence-electron chi connectivity index (χ3n) is 4.74. The second kappa shape index (κ2) is 4.50. The van der Waals surface area contributed by atoms with E-state index >= 15 is 0 Å². The van der Waals surface area contributed by atoms with E-state index in [0.29, 0.717) is 43.6 Å². The molecule has 0 spiro atoms. The van der Waals surface area contributed by atoms with Gasteiger partial charge in [0.25, 0.3) is 5.91 Å². The minimum atomic E-state index is -1.59. The van der Waals surface area contributed by atoms with Crippen LogP contribution in [-0.2, 0) is 9.53 Å². The van der Waals surface area contributed by atoms with Crippen LogP contribution >= 0.6 is 0 Å². The van der Waals surface area contributed by atoms with Crippen molar-refractivity contribution < 1.29 is 18.4 Å². The largest absolute Gasteiger partial charge is 0.365 e. The third kappa shape index (κ3) is 2.23. The van der Waals surface area contributed by atoms with Crippen LogP contribution < -0.4 is 0 Å². The molecule has 3 atom stereocenters. The normalized spacial score (nSPS) is 33.8. The van der Waals surface area contributed by atoms with Crippen molar-refractivity contribution in [3.05, 3.63) is 11.7 Å². The van der Waals surface area contributed by atoms with E-state index < -0.39 is 5.67 Å². The molecule has 6 nitrogen and oxygen atoms in total. The molecule has 3 heterocycles. The predicted octanol–water partition coefficient (Wildman–Crippen LogP) is 1.56. The molecule has 114 valence electrons. The molecule has 1 aromatic rings. The Morgan fingerprint density at radius 3 is 2.95 bits per heavy atom. The number of alkyl halides is 1. The number of fused-ring (bicyclic) bond motifs is 1. The van der Waals surface area contributed by atoms with E-state index in [1.54, 1.807) is 11.8 Å². The molecule has 3 fully saturated rings. The van der Waals surface area contributed by atoms with Crippen molar-refractivity contribution >= 4 is 5.91 Å². The van der Waals surface area contributed by atoms with Crippen LogP contribution in [0.15, 0.2) is 4.52 Å². The molecule has 0 unspecified atom stereocenters. The van der Waals surface area contributed by atoms with E-state index in [1.165, 1.54) is 0 Å². The number of piperidine rings is 1. The van der Waals surface area contributed by atoms with Gasteiger partial charge in [0.05, 0.1) is 6.10 Å². The molecule has 7 heteroatoms. The summed E-state index contributed by atoms with van der Waals surface area (Å²) in [4.78, 5) is 17.9. The Morgan fingerprint density at radius 1 is 1.48 bits per heavy atom. The zero-order chi connectivity index (χ0) is 14.6. The van der Waals surface area contributed by atoms with Crippen molar-refractivity contribution in [2.75, 3.05) is 13.1 Å². The lowest BCUT2D eigenvalue weighted by atomic mass is 9.91. The van der Waals surface area contributed by atoms with E-state index in [1.807, 2.05) is 0 Å². The van der Waals surface area contributed by atoms with Crippen molar-refractivity contribution in [3.8, 4) is 0 Å². The smallest absolute Gasteiger partial charge is 0.260 e. The Balaban J connectivity index is 1.43.